The van der Waals surface area contributed by atoms with Gasteiger partial charge >= 0.3 is 0 Å². The fraction of sp³-hybridized carbons (Fsp3) is 0.388. The number of hydrogen-bond donors (Lipinski definition) is 3. The van der Waals surface area contributed by atoms with Gasteiger partial charge < -0.3 is 19.8 Å². The molecular weight excluding hydrogens is 825 g/mol. The molecule has 12 nitrogen and oxygen atoms in total. The van der Waals surface area contributed by atoms with Crippen LogP contribution in [0.2, 0.25) is 0 Å². The van der Waals surface area contributed by atoms with Gasteiger partial charge in [-0.15, -0.1) is 11.6 Å². The average molecular weight is 876 g/mol. The molecule has 5 aliphatic rings. The lowest BCUT2D eigenvalue weighted by molar-refractivity contribution is -0.136. The molecule has 4 saturated heterocycles. The Kier molecular flexibility index (Phi) is 12.3. The van der Waals surface area contributed by atoms with Crippen molar-refractivity contribution in [2.24, 2.45) is 5.92 Å². The number of allylic oxidation sites excluding steroid dienone is 1. The van der Waals surface area contributed by atoms with Crippen LogP contribution >= 0.6 is 11.6 Å². The highest BCUT2D eigenvalue weighted by atomic mass is 35.5. The summed E-state index contributed by atoms with van der Waals surface area (Å²) in [5.41, 5.74) is 5.28. The first-order chi connectivity index (χ1) is 30.5. The van der Waals surface area contributed by atoms with E-state index >= 15 is 4.39 Å². The van der Waals surface area contributed by atoms with E-state index in [1.54, 1.807) is 24.3 Å². The number of phenolic OH excluding ortho intramolecular Hbond substituents is 2. The molecule has 2 bridgehead atoms. The lowest BCUT2D eigenvalue weighted by Gasteiger charge is -2.44. The Morgan fingerprint density at radius 1 is 0.762 bits per heavy atom. The zero-order valence-corrected chi connectivity index (χ0v) is 35.7. The standard InChI is InChI=1S/C49H51ClFN5O7/c50-20-17-39(31-1-9-36(57)10-2-31)46(32-3-11-37(58)12-4-32)33-5-13-38(14-6-33)63-24-23-53-21-18-30(19-22-53)27-55-34-7-8-35(55)29-54(28-34)44-26-41-40(25-42(44)51)48(61)56(49(41)62)43-15-16-45(59)52-47(43)60/h1-6,9-14,25-26,30,34-35,43,57-58H,7-8,15-24,27-29H2,(H,52,59,60). The van der Waals surface area contributed by atoms with Gasteiger partial charge in [0.25, 0.3) is 11.8 Å². The number of hydrogen-bond acceptors (Lipinski definition) is 10. The summed E-state index contributed by atoms with van der Waals surface area (Å²) in [5, 5.41) is 22.1. The number of nitrogens with one attached hydrogen (secondary N) is 1. The molecule has 3 unspecified atom stereocenters. The van der Waals surface area contributed by atoms with Crippen LogP contribution in [0.25, 0.3) is 11.1 Å². The number of aromatic hydroxyl groups is 2. The number of fused-ring (bicyclic) bond motifs is 3. The van der Waals surface area contributed by atoms with Gasteiger partial charge in [-0.05, 0) is 134 Å². The number of nitrogens with zero attached hydrogens (tertiary/aromatic N) is 4. The molecule has 0 radical (unpaired) electrons. The number of ether oxygens (including phenoxy) is 1. The molecule has 0 saturated carbocycles. The molecule has 5 aliphatic heterocycles. The fourth-order valence-corrected chi connectivity index (χ4v) is 10.4. The second kappa shape index (κ2) is 18.1. The molecule has 0 aliphatic carbocycles. The minimum atomic E-state index is -1.10. The molecule has 63 heavy (non-hydrogen) atoms. The van der Waals surface area contributed by atoms with Gasteiger partial charge in [-0.25, -0.2) is 4.39 Å². The van der Waals surface area contributed by atoms with Gasteiger partial charge in [0.2, 0.25) is 11.8 Å². The highest BCUT2D eigenvalue weighted by Gasteiger charge is 2.46. The van der Waals surface area contributed by atoms with Crippen molar-refractivity contribution in [1.29, 1.82) is 0 Å². The number of amides is 4. The van der Waals surface area contributed by atoms with Crippen molar-refractivity contribution in [3.63, 3.8) is 0 Å². The molecule has 4 aromatic carbocycles. The van der Waals surface area contributed by atoms with E-state index in [-0.39, 0.29) is 47.6 Å². The molecule has 0 spiro atoms. The lowest BCUT2D eigenvalue weighted by atomic mass is 9.88. The topological polar surface area (TPSA) is 143 Å². The number of alkyl halides is 1. The molecular formula is C49H51ClFN5O7. The number of imide groups is 2. The molecule has 5 heterocycles. The van der Waals surface area contributed by atoms with Gasteiger partial charge in [0.1, 0.15) is 35.7 Å². The van der Waals surface area contributed by atoms with E-state index in [0.29, 0.717) is 43.6 Å². The molecule has 0 aromatic heterocycles. The quantitative estimate of drug-likeness (QED) is 0.0758. The number of carbonyl (C=O) groups excluding carboxylic acids is 4. The summed E-state index contributed by atoms with van der Waals surface area (Å²) < 4.78 is 22.0. The Hall–Kier alpha value is -5.76. The molecule has 4 fully saturated rings. The van der Waals surface area contributed by atoms with Crippen LogP contribution in [0.3, 0.4) is 0 Å². The molecule has 4 amide bonds. The second-order valence-electron chi connectivity index (χ2n) is 17.3. The van der Waals surface area contributed by atoms with Crippen molar-refractivity contribution < 1.29 is 38.5 Å². The van der Waals surface area contributed by atoms with Crippen molar-refractivity contribution in [2.75, 3.05) is 56.7 Å². The highest BCUT2D eigenvalue weighted by molar-refractivity contribution is 6.24. The Bertz CT molecular complexity index is 2410. The number of piperidine rings is 2. The maximum atomic E-state index is 15.7. The Morgan fingerprint density at radius 3 is 1.95 bits per heavy atom. The van der Waals surface area contributed by atoms with Crippen molar-refractivity contribution in [2.45, 2.75) is 63.1 Å². The monoisotopic (exact) mass is 875 g/mol. The van der Waals surface area contributed by atoms with Crippen LogP contribution in [0.1, 0.15) is 82.4 Å². The van der Waals surface area contributed by atoms with E-state index in [0.717, 1.165) is 96.4 Å². The van der Waals surface area contributed by atoms with Gasteiger partial charge in [0.05, 0.1) is 16.8 Å². The molecule has 3 N–H and O–H groups in total. The van der Waals surface area contributed by atoms with Gasteiger partial charge in [-0.3, -0.25) is 39.2 Å². The van der Waals surface area contributed by atoms with Crippen LogP contribution in [-0.2, 0) is 9.59 Å². The number of halogens is 2. The third kappa shape index (κ3) is 8.78. The number of likely N-dealkylation sites (tertiary alicyclic amines) is 1. The predicted octanol–water partition coefficient (Wildman–Crippen LogP) is 6.67. The van der Waals surface area contributed by atoms with Crippen LogP contribution < -0.4 is 15.0 Å². The molecule has 9 rings (SSSR count). The Balaban J connectivity index is 0.772. The number of anilines is 1. The van der Waals surface area contributed by atoms with E-state index in [2.05, 4.69) is 27.2 Å². The van der Waals surface area contributed by atoms with Crippen LogP contribution in [-0.4, -0.2) is 118 Å². The second-order valence-corrected chi connectivity index (χ2v) is 17.7. The largest absolute Gasteiger partial charge is 0.508 e. The number of rotatable bonds is 13. The van der Waals surface area contributed by atoms with Gasteiger partial charge in [-0.2, -0.15) is 0 Å². The zero-order valence-electron chi connectivity index (χ0n) is 35.0. The number of benzene rings is 4. The minimum absolute atomic E-state index is 0.0223. The number of carbonyl (C=O) groups is 4. The normalized spacial score (nSPS) is 22.3. The van der Waals surface area contributed by atoms with Crippen molar-refractivity contribution in [1.82, 2.24) is 20.0 Å². The van der Waals surface area contributed by atoms with Crippen molar-refractivity contribution >= 4 is 52.1 Å². The third-order valence-corrected chi connectivity index (χ3v) is 13.7. The van der Waals surface area contributed by atoms with Crippen molar-refractivity contribution in [3.8, 4) is 17.2 Å². The van der Waals surface area contributed by atoms with Crippen LogP contribution in [0.5, 0.6) is 17.2 Å². The summed E-state index contributed by atoms with van der Waals surface area (Å²) in [5.74, 6) is -0.888. The highest BCUT2D eigenvalue weighted by Crippen LogP contribution is 2.39. The van der Waals surface area contributed by atoms with Gasteiger partial charge in [0.15, 0.2) is 0 Å². The van der Waals surface area contributed by atoms with Crippen LogP contribution in [0, 0.1) is 11.7 Å². The van der Waals surface area contributed by atoms with Crippen LogP contribution in [0.4, 0.5) is 10.1 Å². The fourth-order valence-electron chi connectivity index (χ4n) is 10.2. The summed E-state index contributed by atoms with van der Waals surface area (Å²) in [4.78, 5) is 58.9. The summed E-state index contributed by atoms with van der Waals surface area (Å²) in [7, 11) is 0. The van der Waals surface area contributed by atoms with Gasteiger partial charge in [-0.1, -0.05) is 36.4 Å². The molecule has 328 valence electrons. The molecule has 4 aromatic rings. The van der Waals surface area contributed by atoms with E-state index in [9.17, 15) is 29.4 Å². The zero-order chi connectivity index (χ0) is 43.8. The van der Waals surface area contributed by atoms with Gasteiger partial charge in [0, 0.05) is 50.6 Å². The third-order valence-electron chi connectivity index (χ3n) is 13.5. The lowest BCUT2D eigenvalue weighted by Crippen LogP contribution is -2.55. The van der Waals surface area contributed by atoms with E-state index in [1.807, 2.05) is 41.3 Å². The summed E-state index contributed by atoms with van der Waals surface area (Å²) in [6.07, 6.45) is 4.90. The number of piperazine rings is 1. The summed E-state index contributed by atoms with van der Waals surface area (Å²) in [6, 6.07) is 24.4. The summed E-state index contributed by atoms with van der Waals surface area (Å²) in [6.45, 7) is 5.63. The average Bonchev–Trinajstić information content (AvgIpc) is 3.64. The van der Waals surface area contributed by atoms with E-state index in [1.165, 1.54) is 6.07 Å². The first-order valence-electron chi connectivity index (χ1n) is 21.9. The van der Waals surface area contributed by atoms with Crippen LogP contribution in [0.15, 0.2) is 84.9 Å². The predicted molar refractivity (Wildman–Crippen MR) is 237 cm³/mol. The maximum absolute atomic E-state index is 15.7. The first kappa shape index (κ1) is 42.5. The van der Waals surface area contributed by atoms with E-state index < -0.39 is 35.5 Å². The molecule has 14 heteroatoms. The smallest absolute Gasteiger partial charge is 0.262 e. The molecule has 3 atom stereocenters. The SMILES string of the molecule is O=C1CCC(N2C(=O)c3cc(F)c(N4CC5CCC(C4)N5CC4CCN(CCOc5ccc(C(=C(CCCl)c6ccc(O)cc6)c6ccc(O)cc6)cc5)CC4)cc3C2=O)C(=O)N1. The summed E-state index contributed by atoms with van der Waals surface area (Å²) >= 11 is 6.32. The first-order valence-corrected chi connectivity index (χ1v) is 22.5. The van der Waals surface area contributed by atoms with Crippen molar-refractivity contribution in [3.05, 3.63) is 119 Å². The minimum Gasteiger partial charge on any atom is -0.508 e. The van der Waals surface area contributed by atoms with E-state index in [4.69, 9.17) is 16.3 Å². The number of phenols is 2. The Morgan fingerprint density at radius 2 is 1.35 bits per heavy atom. The maximum Gasteiger partial charge on any atom is 0.262 e. The Labute approximate surface area is 370 Å².